The van der Waals surface area contributed by atoms with Gasteiger partial charge in [-0.2, -0.15) is 0 Å². The lowest BCUT2D eigenvalue weighted by atomic mass is 9.96. The number of H-pyrrole nitrogens is 1. The van der Waals surface area contributed by atoms with Gasteiger partial charge in [-0.25, -0.2) is 9.78 Å². The molecule has 1 unspecified atom stereocenters. The summed E-state index contributed by atoms with van der Waals surface area (Å²) in [6.07, 6.45) is 5.51. The number of nitrogens with one attached hydrogen (secondary N) is 1. The Hall–Kier alpha value is -1.12. The van der Waals surface area contributed by atoms with Gasteiger partial charge in [0.15, 0.2) is 6.29 Å². The average Bonchev–Trinajstić information content (AvgIpc) is 3.02. The lowest BCUT2D eigenvalue weighted by Gasteiger charge is -2.32. The molecule has 1 N–H and O–H groups in total. The van der Waals surface area contributed by atoms with Gasteiger partial charge < -0.3 is 24.1 Å². The second kappa shape index (κ2) is 9.59. The number of hydrogen-bond donors (Lipinski definition) is 1. The molecule has 2 aliphatic rings. The van der Waals surface area contributed by atoms with Crippen molar-refractivity contribution in [1.29, 1.82) is 0 Å². The van der Waals surface area contributed by atoms with Crippen LogP contribution in [0.25, 0.3) is 0 Å². The normalized spacial score (nSPS) is 21.7. The summed E-state index contributed by atoms with van der Waals surface area (Å²) < 4.78 is 17.8. The zero-order valence-electron chi connectivity index (χ0n) is 17.1. The maximum absolute atomic E-state index is 12.2. The summed E-state index contributed by atoms with van der Waals surface area (Å²) in [5, 5.41) is 0. The Morgan fingerprint density at radius 3 is 2.68 bits per heavy atom. The fraction of sp³-hybridized carbons (Fsp3) is 0.800. The molecule has 0 aromatic carbocycles. The number of hydrogen-bond acceptors (Lipinski definition) is 5. The maximum atomic E-state index is 12.2. The number of aromatic amines is 1. The van der Waals surface area contributed by atoms with Crippen LogP contribution in [0.1, 0.15) is 70.3 Å². The second-order valence-corrected chi connectivity index (χ2v) is 9.30. The molecule has 8 heteroatoms. The smallest absolute Gasteiger partial charge is 0.410 e. The van der Waals surface area contributed by atoms with Gasteiger partial charge in [0.05, 0.1) is 12.3 Å². The number of ether oxygens (including phenoxy) is 3. The van der Waals surface area contributed by atoms with Gasteiger partial charge in [-0.05, 0) is 68.8 Å². The first-order chi connectivity index (χ1) is 13.3. The highest BCUT2D eigenvalue weighted by molar-refractivity contribution is 9.10. The summed E-state index contributed by atoms with van der Waals surface area (Å²) in [7, 11) is 0. The summed E-state index contributed by atoms with van der Waals surface area (Å²) in [6, 6.07) is 0. The van der Waals surface area contributed by atoms with E-state index in [-0.39, 0.29) is 12.4 Å². The number of halogens is 1. The van der Waals surface area contributed by atoms with Crippen molar-refractivity contribution in [2.75, 3.05) is 26.3 Å². The van der Waals surface area contributed by atoms with Crippen molar-refractivity contribution in [1.82, 2.24) is 14.9 Å². The van der Waals surface area contributed by atoms with Gasteiger partial charge in [-0.1, -0.05) is 0 Å². The fourth-order valence-electron chi connectivity index (χ4n) is 3.56. The molecule has 1 amide bonds. The predicted molar refractivity (Wildman–Crippen MR) is 109 cm³/mol. The van der Waals surface area contributed by atoms with Gasteiger partial charge >= 0.3 is 6.09 Å². The van der Waals surface area contributed by atoms with E-state index in [0.29, 0.717) is 25.6 Å². The highest BCUT2D eigenvalue weighted by atomic mass is 79.9. The van der Waals surface area contributed by atoms with E-state index in [0.717, 1.165) is 54.8 Å². The molecule has 1 aromatic rings. The molecule has 0 bridgehead atoms. The molecule has 28 heavy (non-hydrogen) atoms. The Labute approximate surface area is 175 Å². The van der Waals surface area contributed by atoms with Crippen molar-refractivity contribution in [3.05, 3.63) is 16.1 Å². The van der Waals surface area contributed by atoms with E-state index in [2.05, 4.69) is 25.9 Å². The van der Waals surface area contributed by atoms with E-state index in [1.165, 1.54) is 6.42 Å². The van der Waals surface area contributed by atoms with Crippen molar-refractivity contribution >= 4 is 22.0 Å². The van der Waals surface area contributed by atoms with E-state index < -0.39 is 5.60 Å². The number of rotatable bonds is 5. The molecular weight excluding hydrogens is 426 g/mol. The van der Waals surface area contributed by atoms with E-state index in [9.17, 15) is 4.79 Å². The first-order valence-electron chi connectivity index (χ1n) is 10.3. The molecule has 1 aromatic heterocycles. The van der Waals surface area contributed by atoms with Crippen LogP contribution in [0.5, 0.6) is 0 Å². The van der Waals surface area contributed by atoms with Crippen LogP contribution in [0.15, 0.2) is 4.60 Å². The number of piperidine rings is 1. The van der Waals surface area contributed by atoms with E-state index in [1.807, 2.05) is 20.8 Å². The third kappa shape index (κ3) is 6.19. The zero-order valence-corrected chi connectivity index (χ0v) is 18.7. The van der Waals surface area contributed by atoms with Crippen molar-refractivity contribution in [3.63, 3.8) is 0 Å². The van der Waals surface area contributed by atoms with Gasteiger partial charge in [-0.15, -0.1) is 0 Å². The third-order valence-electron chi connectivity index (χ3n) is 5.07. The molecule has 1 atom stereocenters. The summed E-state index contributed by atoms with van der Waals surface area (Å²) in [5.41, 5.74) is 0.597. The topological polar surface area (TPSA) is 76.7 Å². The number of carbonyl (C=O) groups is 1. The number of carbonyl (C=O) groups excluding carboxylic acids is 1. The highest BCUT2D eigenvalue weighted by Gasteiger charge is 2.29. The maximum Gasteiger partial charge on any atom is 0.410 e. The molecule has 3 heterocycles. The minimum Gasteiger partial charge on any atom is -0.444 e. The highest BCUT2D eigenvalue weighted by Crippen LogP contribution is 2.29. The molecule has 7 nitrogen and oxygen atoms in total. The Kier molecular flexibility index (Phi) is 7.39. The molecule has 0 radical (unpaired) electrons. The first kappa shape index (κ1) is 21.6. The summed E-state index contributed by atoms with van der Waals surface area (Å²) >= 11 is 3.56. The van der Waals surface area contributed by atoms with Crippen LogP contribution >= 0.6 is 15.9 Å². The number of aromatic nitrogens is 2. The first-order valence-corrected chi connectivity index (χ1v) is 11.1. The Morgan fingerprint density at radius 1 is 1.29 bits per heavy atom. The number of likely N-dealkylation sites (tertiary alicyclic amines) is 1. The predicted octanol–water partition coefficient (Wildman–Crippen LogP) is 4.37. The molecule has 0 spiro atoms. The van der Waals surface area contributed by atoms with E-state index in [4.69, 9.17) is 14.2 Å². The second-order valence-electron chi connectivity index (χ2n) is 8.55. The number of nitrogens with zero attached hydrogens (tertiary/aromatic N) is 2. The minimum atomic E-state index is -0.459. The third-order valence-corrected chi connectivity index (χ3v) is 5.73. The van der Waals surface area contributed by atoms with Gasteiger partial charge in [0.1, 0.15) is 16.0 Å². The molecule has 0 aliphatic carbocycles. The van der Waals surface area contributed by atoms with Crippen LogP contribution < -0.4 is 0 Å². The van der Waals surface area contributed by atoms with Gasteiger partial charge in [0.2, 0.25) is 0 Å². The number of amides is 1. The Bertz CT molecular complexity index is 644. The average molecular weight is 458 g/mol. The van der Waals surface area contributed by atoms with Crippen molar-refractivity contribution in [3.8, 4) is 0 Å². The fourth-order valence-corrected chi connectivity index (χ4v) is 4.05. The van der Waals surface area contributed by atoms with Crippen LogP contribution in [-0.4, -0.2) is 59.2 Å². The van der Waals surface area contributed by atoms with Crippen molar-refractivity contribution in [2.45, 2.75) is 77.1 Å². The monoisotopic (exact) mass is 457 g/mol. The standard InChI is InChI=1S/C20H32BrN3O4/c1-20(2,3)28-19(25)24-10-7-14(8-11-24)18-22-15(17(21)23-18)9-13-27-16-6-4-5-12-26-16/h14,16H,4-13H2,1-3H3,(H,22,23). The largest absolute Gasteiger partial charge is 0.444 e. The van der Waals surface area contributed by atoms with Crippen molar-refractivity contribution < 1.29 is 19.0 Å². The minimum absolute atomic E-state index is 0.0629. The van der Waals surface area contributed by atoms with E-state index >= 15 is 0 Å². The van der Waals surface area contributed by atoms with E-state index in [1.54, 1.807) is 4.90 Å². The lowest BCUT2D eigenvalue weighted by molar-refractivity contribution is -0.161. The van der Waals surface area contributed by atoms with Crippen LogP contribution in [-0.2, 0) is 20.6 Å². The van der Waals surface area contributed by atoms with Gasteiger partial charge in [0.25, 0.3) is 0 Å². The summed E-state index contributed by atoms with van der Waals surface area (Å²) in [4.78, 5) is 22.1. The zero-order chi connectivity index (χ0) is 20.1. The SMILES string of the molecule is CC(C)(C)OC(=O)N1CCC(c2nc(Br)c(CCOC3CCCCO3)[nH]2)CC1. The lowest BCUT2D eigenvalue weighted by Crippen LogP contribution is -2.41. The number of imidazole rings is 1. The molecule has 3 rings (SSSR count). The summed E-state index contributed by atoms with van der Waals surface area (Å²) in [5.74, 6) is 1.31. The molecule has 158 valence electrons. The molecule has 0 saturated carbocycles. The Morgan fingerprint density at radius 2 is 2.04 bits per heavy atom. The molecular formula is C20H32BrN3O4. The van der Waals surface area contributed by atoms with Crippen molar-refractivity contribution in [2.24, 2.45) is 0 Å². The van der Waals surface area contributed by atoms with Gasteiger partial charge in [0, 0.05) is 32.0 Å². The molecule has 2 aliphatic heterocycles. The quantitative estimate of drug-likeness (QED) is 0.709. The van der Waals surface area contributed by atoms with Crippen LogP contribution in [0.2, 0.25) is 0 Å². The molecule has 2 saturated heterocycles. The van der Waals surface area contributed by atoms with Crippen LogP contribution in [0, 0.1) is 0 Å². The van der Waals surface area contributed by atoms with Crippen LogP contribution in [0.4, 0.5) is 4.79 Å². The molecule has 2 fully saturated rings. The van der Waals surface area contributed by atoms with Gasteiger partial charge in [-0.3, -0.25) is 0 Å². The summed E-state index contributed by atoms with van der Waals surface area (Å²) in [6.45, 7) is 8.47. The van der Waals surface area contributed by atoms with Crippen LogP contribution in [0.3, 0.4) is 0 Å². The Balaban J connectivity index is 1.46.